The van der Waals surface area contributed by atoms with Gasteiger partial charge in [0.25, 0.3) is 0 Å². The fourth-order valence-corrected chi connectivity index (χ4v) is 5.50. The summed E-state index contributed by atoms with van der Waals surface area (Å²) < 4.78 is 33.9. The molecule has 1 saturated heterocycles. The lowest BCUT2D eigenvalue weighted by molar-refractivity contribution is 0.0215. The lowest BCUT2D eigenvalue weighted by Gasteiger charge is -2.28. The average Bonchev–Trinajstić information content (AvgIpc) is 3.62. The minimum absolute atomic E-state index is 0.0457. The molecule has 0 spiro atoms. The molecule has 1 aliphatic heterocycles. The molecule has 0 radical (unpaired) electrons. The van der Waals surface area contributed by atoms with Gasteiger partial charge in [-0.2, -0.15) is 0 Å². The standard InChI is InChI=1S/C34H36FN7O4/c1-21-37-15-22(16-38-21)19-44-27-12-24(35)13-28(14-27)45-26-9-7-23(8-10-26)29-18-41(32-30(29)31(36)39-20-40-32)17-25-6-5-11-42(25)33(43)46-34(2,3)4/h7-10,12-16,18,20,25H,5-6,11,17,19H2,1-4H3,(H2,36,39,40)/t25-/m1/s1. The van der Waals surface area contributed by atoms with Crippen molar-refractivity contribution < 1.29 is 23.4 Å². The molecule has 0 bridgehead atoms. The first-order valence-corrected chi connectivity index (χ1v) is 15.1. The molecule has 2 aromatic carbocycles. The number of carbonyl (C=O) groups excluding carboxylic acids is 1. The van der Waals surface area contributed by atoms with E-state index in [1.54, 1.807) is 42.4 Å². The van der Waals surface area contributed by atoms with Crippen LogP contribution in [-0.2, 0) is 17.9 Å². The first-order valence-electron chi connectivity index (χ1n) is 15.1. The molecular weight excluding hydrogens is 589 g/mol. The molecule has 0 aliphatic carbocycles. The SMILES string of the molecule is Cc1ncc(COc2cc(F)cc(Oc3ccc(-c4cn(C[C@H]5CCCN5C(=O)OC(C)(C)C)c5ncnc(N)c45)cc3)c2)cn1. The second kappa shape index (κ2) is 12.6. The molecule has 6 rings (SSSR count). The lowest BCUT2D eigenvalue weighted by atomic mass is 10.1. The Morgan fingerprint density at radius 2 is 1.76 bits per heavy atom. The molecule has 5 aromatic rings. The van der Waals surface area contributed by atoms with Gasteiger partial charge in [-0.05, 0) is 58.2 Å². The van der Waals surface area contributed by atoms with Crippen molar-refractivity contribution in [2.24, 2.45) is 0 Å². The normalized spacial score (nSPS) is 14.9. The van der Waals surface area contributed by atoms with Gasteiger partial charge in [-0.25, -0.2) is 29.1 Å². The van der Waals surface area contributed by atoms with Crippen LogP contribution in [0.15, 0.2) is 67.4 Å². The van der Waals surface area contributed by atoms with Crippen LogP contribution in [0.1, 0.15) is 45.0 Å². The highest BCUT2D eigenvalue weighted by Gasteiger charge is 2.33. The quantitative estimate of drug-likeness (QED) is 0.200. The van der Waals surface area contributed by atoms with E-state index in [-0.39, 0.29) is 18.7 Å². The summed E-state index contributed by atoms with van der Waals surface area (Å²) in [6, 6.07) is 11.6. The number of likely N-dealkylation sites (tertiary alicyclic amines) is 1. The highest BCUT2D eigenvalue weighted by atomic mass is 19.1. The second-order valence-corrected chi connectivity index (χ2v) is 12.3. The van der Waals surface area contributed by atoms with Gasteiger partial charge in [0.05, 0.1) is 11.4 Å². The number of halogens is 1. The number of rotatable bonds is 8. The average molecular weight is 626 g/mol. The van der Waals surface area contributed by atoms with E-state index >= 15 is 0 Å². The summed E-state index contributed by atoms with van der Waals surface area (Å²) in [4.78, 5) is 31.8. The van der Waals surface area contributed by atoms with Crippen LogP contribution in [0.5, 0.6) is 17.2 Å². The molecule has 1 amide bonds. The number of hydrogen-bond donors (Lipinski definition) is 1. The van der Waals surface area contributed by atoms with E-state index in [1.807, 2.05) is 43.7 Å². The van der Waals surface area contributed by atoms with Crippen LogP contribution in [0.3, 0.4) is 0 Å². The van der Waals surface area contributed by atoms with Gasteiger partial charge in [0, 0.05) is 61.0 Å². The number of nitrogens with two attached hydrogens (primary N) is 1. The Balaban J connectivity index is 1.20. The molecule has 12 heteroatoms. The molecule has 46 heavy (non-hydrogen) atoms. The van der Waals surface area contributed by atoms with E-state index in [2.05, 4.69) is 19.9 Å². The molecule has 0 unspecified atom stereocenters. The Labute approximate surface area is 266 Å². The van der Waals surface area contributed by atoms with Crippen LogP contribution in [0.25, 0.3) is 22.2 Å². The molecule has 1 fully saturated rings. The zero-order chi connectivity index (χ0) is 32.4. The van der Waals surface area contributed by atoms with E-state index in [4.69, 9.17) is 19.9 Å². The monoisotopic (exact) mass is 625 g/mol. The van der Waals surface area contributed by atoms with E-state index in [1.165, 1.54) is 18.5 Å². The molecule has 238 valence electrons. The van der Waals surface area contributed by atoms with Gasteiger partial charge in [-0.3, -0.25) is 0 Å². The summed E-state index contributed by atoms with van der Waals surface area (Å²) in [5.41, 5.74) is 8.96. The molecule has 3 aromatic heterocycles. The van der Waals surface area contributed by atoms with Crippen LogP contribution < -0.4 is 15.2 Å². The summed E-state index contributed by atoms with van der Waals surface area (Å²) in [5, 5.41) is 0.726. The van der Waals surface area contributed by atoms with Gasteiger partial charge in [0.2, 0.25) is 0 Å². The maximum atomic E-state index is 14.4. The number of hydrogen-bond acceptors (Lipinski definition) is 9. The second-order valence-electron chi connectivity index (χ2n) is 12.3. The number of aryl methyl sites for hydroxylation is 1. The van der Waals surface area contributed by atoms with Crippen molar-refractivity contribution in [3.05, 3.63) is 84.6 Å². The number of nitrogen functional groups attached to an aromatic ring is 1. The fraction of sp³-hybridized carbons (Fsp3) is 0.324. The van der Waals surface area contributed by atoms with Gasteiger partial charge in [0.1, 0.15) is 58.9 Å². The minimum Gasteiger partial charge on any atom is -0.489 e. The summed E-state index contributed by atoms with van der Waals surface area (Å²) in [6.07, 6.45) is 8.22. The van der Waals surface area contributed by atoms with Gasteiger partial charge >= 0.3 is 6.09 Å². The van der Waals surface area contributed by atoms with E-state index in [9.17, 15) is 9.18 Å². The Morgan fingerprint density at radius 1 is 1.02 bits per heavy atom. The Morgan fingerprint density at radius 3 is 2.50 bits per heavy atom. The zero-order valence-corrected chi connectivity index (χ0v) is 26.2. The predicted octanol–water partition coefficient (Wildman–Crippen LogP) is 6.69. The third-order valence-electron chi connectivity index (χ3n) is 7.58. The van der Waals surface area contributed by atoms with E-state index in [0.29, 0.717) is 47.6 Å². The molecule has 0 saturated carbocycles. The van der Waals surface area contributed by atoms with Crippen molar-refractivity contribution in [1.29, 1.82) is 0 Å². The first kappa shape index (κ1) is 30.8. The largest absolute Gasteiger partial charge is 0.489 e. The van der Waals surface area contributed by atoms with Crippen molar-refractivity contribution in [1.82, 2.24) is 29.4 Å². The summed E-state index contributed by atoms with van der Waals surface area (Å²) in [6.45, 7) is 8.77. The van der Waals surface area contributed by atoms with E-state index in [0.717, 1.165) is 34.9 Å². The van der Waals surface area contributed by atoms with Crippen molar-refractivity contribution in [2.45, 2.75) is 65.3 Å². The Kier molecular flexibility index (Phi) is 8.44. The topological polar surface area (TPSA) is 131 Å². The van der Waals surface area contributed by atoms with Crippen LogP contribution in [0.4, 0.5) is 15.0 Å². The maximum absolute atomic E-state index is 14.4. The number of amides is 1. The van der Waals surface area contributed by atoms with E-state index < -0.39 is 11.4 Å². The highest BCUT2D eigenvalue weighted by molar-refractivity contribution is 6.00. The molecule has 1 atom stereocenters. The Bertz CT molecular complexity index is 1850. The van der Waals surface area contributed by atoms with Crippen LogP contribution >= 0.6 is 0 Å². The predicted molar refractivity (Wildman–Crippen MR) is 171 cm³/mol. The van der Waals surface area contributed by atoms with Gasteiger partial charge < -0.3 is 29.4 Å². The minimum atomic E-state index is -0.572. The number of carbonyl (C=O) groups is 1. The molecular formula is C34H36FN7O4. The van der Waals surface area contributed by atoms with Crippen LogP contribution in [0, 0.1) is 12.7 Å². The fourth-order valence-electron chi connectivity index (χ4n) is 5.50. The third kappa shape index (κ3) is 7.01. The van der Waals surface area contributed by atoms with Crippen molar-refractivity contribution >= 4 is 22.9 Å². The lowest BCUT2D eigenvalue weighted by Crippen LogP contribution is -2.41. The number of aromatic nitrogens is 5. The van der Waals surface area contributed by atoms with Gasteiger partial charge in [-0.15, -0.1) is 0 Å². The third-order valence-corrected chi connectivity index (χ3v) is 7.58. The smallest absolute Gasteiger partial charge is 0.410 e. The summed E-state index contributed by atoms with van der Waals surface area (Å²) in [7, 11) is 0. The molecule has 4 heterocycles. The molecule has 11 nitrogen and oxygen atoms in total. The maximum Gasteiger partial charge on any atom is 0.410 e. The van der Waals surface area contributed by atoms with Gasteiger partial charge in [-0.1, -0.05) is 12.1 Å². The summed E-state index contributed by atoms with van der Waals surface area (Å²) >= 11 is 0. The molecule has 2 N–H and O–H groups in total. The van der Waals surface area contributed by atoms with Crippen molar-refractivity contribution in [3.63, 3.8) is 0 Å². The number of benzene rings is 2. The van der Waals surface area contributed by atoms with Crippen LogP contribution in [-0.4, -0.2) is 53.7 Å². The van der Waals surface area contributed by atoms with Crippen molar-refractivity contribution in [3.8, 4) is 28.4 Å². The van der Waals surface area contributed by atoms with Crippen molar-refractivity contribution in [2.75, 3.05) is 12.3 Å². The summed E-state index contributed by atoms with van der Waals surface area (Å²) in [5.74, 6) is 1.67. The molecule has 1 aliphatic rings. The number of anilines is 1. The van der Waals surface area contributed by atoms with Gasteiger partial charge in [0.15, 0.2) is 0 Å². The number of fused-ring (bicyclic) bond motifs is 1. The number of nitrogens with zero attached hydrogens (tertiary/aromatic N) is 6. The zero-order valence-electron chi connectivity index (χ0n) is 26.2. The number of ether oxygens (including phenoxy) is 3. The van der Waals surface area contributed by atoms with Crippen LogP contribution in [0.2, 0.25) is 0 Å². The Hall–Kier alpha value is -5.26. The highest BCUT2D eigenvalue weighted by Crippen LogP contribution is 2.35. The first-order chi connectivity index (χ1) is 22.0.